The van der Waals surface area contributed by atoms with Gasteiger partial charge in [-0.05, 0) is 30.7 Å². The zero-order valence-electron chi connectivity index (χ0n) is 10.9. The van der Waals surface area contributed by atoms with Crippen LogP contribution in [0.25, 0.3) is 11.3 Å². The van der Waals surface area contributed by atoms with E-state index in [1.165, 1.54) is 5.56 Å². The molecule has 0 aliphatic rings. The van der Waals surface area contributed by atoms with Gasteiger partial charge in [0.15, 0.2) is 0 Å². The molecule has 2 heterocycles. The van der Waals surface area contributed by atoms with Crippen LogP contribution in [0.15, 0.2) is 36.7 Å². The Labute approximate surface area is 103 Å². The van der Waals surface area contributed by atoms with Gasteiger partial charge in [-0.1, -0.05) is 26.8 Å². The van der Waals surface area contributed by atoms with E-state index in [2.05, 4.69) is 44.8 Å². The molecule has 0 saturated heterocycles. The van der Waals surface area contributed by atoms with Crippen LogP contribution in [0.5, 0.6) is 0 Å². The zero-order chi connectivity index (χ0) is 12.5. The maximum atomic E-state index is 4.77. The van der Waals surface area contributed by atoms with Crippen molar-refractivity contribution in [3.8, 4) is 11.3 Å². The fourth-order valence-electron chi connectivity index (χ4n) is 1.96. The number of hydrogen-bond donors (Lipinski definition) is 0. The van der Waals surface area contributed by atoms with Crippen LogP contribution in [0, 0.1) is 6.92 Å². The molecule has 0 aliphatic heterocycles. The van der Waals surface area contributed by atoms with Crippen molar-refractivity contribution >= 4 is 0 Å². The predicted molar refractivity (Wildman–Crippen MR) is 70.9 cm³/mol. The molecule has 0 saturated carbocycles. The summed E-state index contributed by atoms with van der Waals surface area (Å²) >= 11 is 0. The first-order valence-electron chi connectivity index (χ1n) is 5.87. The highest BCUT2D eigenvalue weighted by Crippen LogP contribution is 2.26. The lowest BCUT2D eigenvalue weighted by molar-refractivity contribution is 0.565. The third kappa shape index (κ3) is 2.52. The van der Waals surface area contributed by atoms with Gasteiger partial charge in [0.05, 0.1) is 5.69 Å². The molecule has 0 radical (unpaired) electrons. The van der Waals surface area contributed by atoms with Crippen LogP contribution in [-0.4, -0.2) is 9.97 Å². The lowest BCUT2D eigenvalue weighted by Crippen LogP contribution is -2.15. The first kappa shape index (κ1) is 11.8. The molecule has 0 amide bonds. The van der Waals surface area contributed by atoms with E-state index in [0.717, 1.165) is 17.0 Å². The number of aromatic nitrogens is 2. The van der Waals surface area contributed by atoms with Gasteiger partial charge in [-0.15, -0.1) is 0 Å². The molecule has 0 spiro atoms. The Bertz CT molecular complexity index is 510. The molecule has 0 aliphatic carbocycles. The molecule has 2 aromatic rings. The van der Waals surface area contributed by atoms with Crippen LogP contribution in [0.3, 0.4) is 0 Å². The average molecular weight is 226 g/mol. The summed E-state index contributed by atoms with van der Waals surface area (Å²) in [5, 5.41) is 0. The normalized spacial score (nSPS) is 11.5. The highest BCUT2D eigenvalue weighted by molar-refractivity contribution is 5.58. The van der Waals surface area contributed by atoms with Crippen LogP contribution >= 0.6 is 0 Å². The third-order valence-corrected chi connectivity index (χ3v) is 2.76. The molecule has 0 atom stereocenters. The van der Waals surface area contributed by atoms with Crippen LogP contribution in [0.1, 0.15) is 32.0 Å². The highest BCUT2D eigenvalue weighted by Gasteiger charge is 2.18. The van der Waals surface area contributed by atoms with Crippen molar-refractivity contribution in [3.63, 3.8) is 0 Å². The minimum atomic E-state index is 0.0717. The highest BCUT2D eigenvalue weighted by atomic mass is 14.7. The smallest absolute Gasteiger partial charge is 0.0721 e. The molecule has 0 bridgehead atoms. The topological polar surface area (TPSA) is 25.8 Å². The molecule has 0 unspecified atom stereocenters. The van der Waals surface area contributed by atoms with Crippen molar-refractivity contribution in [2.45, 2.75) is 33.1 Å². The van der Waals surface area contributed by atoms with Crippen molar-refractivity contribution in [2.24, 2.45) is 0 Å². The molecule has 0 N–H and O–H groups in total. The van der Waals surface area contributed by atoms with Gasteiger partial charge in [0.1, 0.15) is 0 Å². The number of hydrogen-bond acceptors (Lipinski definition) is 2. The quantitative estimate of drug-likeness (QED) is 0.740. The Kier molecular flexibility index (Phi) is 2.97. The minimum absolute atomic E-state index is 0.0717. The summed E-state index contributed by atoms with van der Waals surface area (Å²) < 4.78 is 0. The lowest BCUT2D eigenvalue weighted by atomic mass is 9.88. The summed E-state index contributed by atoms with van der Waals surface area (Å²) in [6.45, 7) is 8.68. The maximum absolute atomic E-state index is 4.77. The monoisotopic (exact) mass is 226 g/mol. The fraction of sp³-hybridized carbons (Fsp3) is 0.333. The van der Waals surface area contributed by atoms with Crippen molar-refractivity contribution in [3.05, 3.63) is 47.9 Å². The van der Waals surface area contributed by atoms with Gasteiger partial charge in [0, 0.05) is 29.1 Å². The SMILES string of the molecule is Cc1ccc(-c2cccnc2)nc1C(C)(C)C. The van der Waals surface area contributed by atoms with Crippen LogP contribution in [-0.2, 0) is 5.41 Å². The summed E-state index contributed by atoms with van der Waals surface area (Å²) in [4.78, 5) is 8.91. The van der Waals surface area contributed by atoms with E-state index in [4.69, 9.17) is 4.98 Å². The first-order chi connectivity index (χ1) is 7.98. The summed E-state index contributed by atoms with van der Waals surface area (Å²) in [6.07, 6.45) is 3.63. The third-order valence-electron chi connectivity index (χ3n) is 2.76. The second-order valence-corrected chi connectivity index (χ2v) is 5.35. The maximum Gasteiger partial charge on any atom is 0.0721 e. The molecule has 88 valence electrons. The molecule has 0 fully saturated rings. The van der Waals surface area contributed by atoms with E-state index in [9.17, 15) is 0 Å². The Morgan fingerprint density at radius 2 is 1.82 bits per heavy atom. The number of rotatable bonds is 1. The van der Waals surface area contributed by atoms with E-state index in [1.807, 2.05) is 18.3 Å². The Balaban J connectivity index is 2.53. The standard InChI is InChI=1S/C15H18N2/c1-11-7-8-13(12-6-5-9-16-10-12)17-14(11)15(2,3)4/h5-10H,1-4H3. The average Bonchev–Trinajstić information content (AvgIpc) is 2.29. The van der Waals surface area contributed by atoms with Gasteiger partial charge < -0.3 is 0 Å². The zero-order valence-corrected chi connectivity index (χ0v) is 10.9. The van der Waals surface area contributed by atoms with Gasteiger partial charge in [-0.2, -0.15) is 0 Å². The summed E-state index contributed by atoms with van der Waals surface area (Å²) in [5.74, 6) is 0. The Morgan fingerprint density at radius 1 is 1.06 bits per heavy atom. The molecule has 2 rings (SSSR count). The van der Waals surface area contributed by atoms with Crippen molar-refractivity contribution < 1.29 is 0 Å². The second kappa shape index (κ2) is 4.28. The van der Waals surface area contributed by atoms with E-state index in [1.54, 1.807) is 6.20 Å². The van der Waals surface area contributed by atoms with Gasteiger partial charge >= 0.3 is 0 Å². The Morgan fingerprint density at radius 3 is 2.41 bits per heavy atom. The van der Waals surface area contributed by atoms with Crippen LogP contribution in [0.4, 0.5) is 0 Å². The van der Waals surface area contributed by atoms with E-state index in [0.29, 0.717) is 0 Å². The van der Waals surface area contributed by atoms with E-state index < -0.39 is 0 Å². The minimum Gasteiger partial charge on any atom is -0.264 e. The second-order valence-electron chi connectivity index (χ2n) is 5.35. The Hall–Kier alpha value is -1.70. The van der Waals surface area contributed by atoms with Gasteiger partial charge in [0.2, 0.25) is 0 Å². The van der Waals surface area contributed by atoms with E-state index in [-0.39, 0.29) is 5.41 Å². The first-order valence-corrected chi connectivity index (χ1v) is 5.87. The van der Waals surface area contributed by atoms with Crippen LogP contribution < -0.4 is 0 Å². The molecule has 2 nitrogen and oxygen atoms in total. The molecular weight excluding hydrogens is 208 g/mol. The van der Waals surface area contributed by atoms with Gasteiger partial charge in [-0.3, -0.25) is 9.97 Å². The van der Waals surface area contributed by atoms with E-state index >= 15 is 0 Å². The fourth-order valence-corrected chi connectivity index (χ4v) is 1.96. The predicted octanol–water partition coefficient (Wildman–Crippen LogP) is 3.75. The largest absolute Gasteiger partial charge is 0.264 e. The molecule has 0 aromatic carbocycles. The van der Waals surface area contributed by atoms with Crippen molar-refractivity contribution in [1.82, 2.24) is 9.97 Å². The lowest BCUT2D eigenvalue weighted by Gasteiger charge is -2.21. The molecule has 17 heavy (non-hydrogen) atoms. The van der Waals surface area contributed by atoms with Crippen molar-refractivity contribution in [2.75, 3.05) is 0 Å². The number of nitrogens with zero attached hydrogens (tertiary/aromatic N) is 2. The summed E-state index contributed by atoms with van der Waals surface area (Å²) in [5.41, 5.74) is 4.53. The number of pyridine rings is 2. The van der Waals surface area contributed by atoms with Gasteiger partial charge in [-0.25, -0.2) is 0 Å². The summed E-state index contributed by atoms with van der Waals surface area (Å²) in [6, 6.07) is 8.17. The number of aryl methyl sites for hydroxylation is 1. The van der Waals surface area contributed by atoms with Crippen molar-refractivity contribution in [1.29, 1.82) is 0 Å². The summed E-state index contributed by atoms with van der Waals surface area (Å²) in [7, 11) is 0. The van der Waals surface area contributed by atoms with Gasteiger partial charge in [0.25, 0.3) is 0 Å². The molecule has 2 heteroatoms. The molecular formula is C15H18N2. The molecule has 2 aromatic heterocycles. The van der Waals surface area contributed by atoms with Crippen LogP contribution in [0.2, 0.25) is 0 Å².